The Hall–Kier alpha value is -2.21. The van der Waals surface area contributed by atoms with Crippen LogP contribution in [0.1, 0.15) is 36.8 Å². The van der Waals surface area contributed by atoms with Gasteiger partial charge in [0.05, 0.1) is 12.5 Å². The van der Waals surface area contributed by atoms with Crippen molar-refractivity contribution in [2.45, 2.75) is 50.3 Å². The fourth-order valence-corrected chi connectivity index (χ4v) is 3.49. The maximum absolute atomic E-state index is 12.9. The van der Waals surface area contributed by atoms with Gasteiger partial charge in [-0.2, -0.15) is 0 Å². The van der Waals surface area contributed by atoms with Crippen molar-refractivity contribution in [3.8, 4) is 0 Å². The monoisotopic (exact) mass is 315 g/mol. The molecule has 2 aliphatic rings. The summed E-state index contributed by atoms with van der Waals surface area (Å²) >= 11 is 0. The summed E-state index contributed by atoms with van der Waals surface area (Å²) in [4.78, 5) is 28.7. The number of aryl methyl sites for hydroxylation is 1. The molecule has 3 atom stereocenters. The zero-order valence-corrected chi connectivity index (χ0v) is 13.1. The lowest BCUT2D eigenvalue weighted by molar-refractivity contribution is -0.137. The van der Waals surface area contributed by atoms with E-state index in [-0.39, 0.29) is 18.1 Å². The van der Waals surface area contributed by atoms with E-state index in [4.69, 9.17) is 16.2 Å². The summed E-state index contributed by atoms with van der Waals surface area (Å²) in [6.45, 7) is 1.97. The Kier molecular flexibility index (Phi) is 3.93. The van der Waals surface area contributed by atoms with Crippen LogP contribution in [0.3, 0.4) is 0 Å². The summed E-state index contributed by atoms with van der Waals surface area (Å²) in [5, 5.41) is 0. The number of nitrogens with two attached hydrogens (primary N) is 2. The predicted octanol–water partition coefficient (Wildman–Crippen LogP) is 0.943. The van der Waals surface area contributed by atoms with Gasteiger partial charge in [0.25, 0.3) is 0 Å². The third-order valence-electron chi connectivity index (χ3n) is 4.60. The van der Waals surface area contributed by atoms with Crippen LogP contribution in [0.4, 0.5) is 0 Å². The maximum Gasteiger partial charge on any atom is 0.219 e. The lowest BCUT2D eigenvalue weighted by atomic mass is 9.72. The minimum absolute atomic E-state index is 0.0203. The second kappa shape index (κ2) is 5.77. The molecule has 1 aromatic carbocycles. The second-order valence-corrected chi connectivity index (χ2v) is 6.27. The Morgan fingerprint density at radius 3 is 2.91 bits per heavy atom. The molecular formula is C17H21N3O3. The van der Waals surface area contributed by atoms with Gasteiger partial charge in [0.1, 0.15) is 0 Å². The number of ether oxygens (including phenoxy) is 1. The largest absolute Gasteiger partial charge is 0.468 e. The van der Waals surface area contributed by atoms with E-state index in [0.717, 1.165) is 17.5 Å². The van der Waals surface area contributed by atoms with Crippen molar-refractivity contribution in [1.82, 2.24) is 0 Å². The van der Waals surface area contributed by atoms with Gasteiger partial charge in [-0.15, -0.1) is 0 Å². The third-order valence-corrected chi connectivity index (χ3v) is 4.60. The van der Waals surface area contributed by atoms with Gasteiger partial charge in [-0.05, 0) is 37.3 Å². The van der Waals surface area contributed by atoms with Gasteiger partial charge in [0.2, 0.25) is 17.6 Å². The van der Waals surface area contributed by atoms with Crippen molar-refractivity contribution in [2.75, 3.05) is 0 Å². The number of carbonyl (C=O) groups excluding carboxylic acids is 2. The van der Waals surface area contributed by atoms with E-state index in [0.29, 0.717) is 12.8 Å². The predicted molar refractivity (Wildman–Crippen MR) is 85.8 cm³/mol. The SMILES string of the molecule is Cc1ccccc1C12CCCC(OC(C(N)CC(N)=O)=N1)C2=O. The number of nitrogens with zero attached hydrogens (tertiary/aromatic N) is 1. The molecule has 3 rings (SSSR count). The molecule has 1 heterocycles. The Bertz CT molecular complexity index is 685. The molecule has 3 unspecified atom stereocenters. The fraction of sp³-hybridized carbons (Fsp3) is 0.471. The molecule has 2 bridgehead atoms. The van der Waals surface area contributed by atoms with Crippen LogP contribution in [0.25, 0.3) is 0 Å². The molecule has 0 aromatic heterocycles. The number of benzene rings is 1. The molecule has 1 aromatic rings. The van der Waals surface area contributed by atoms with Crippen LogP contribution in [0.5, 0.6) is 0 Å². The van der Waals surface area contributed by atoms with Gasteiger partial charge in [0, 0.05) is 0 Å². The van der Waals surface area contributed by atoms with E-state index in [9.17, 15) is 9.59 Å². The number of carbonyl (C=O) groups is 2. The van der Waals surface area contributed by atoms with Gasteiger partial charge in [0.15, 0.2) is 11.6 Å². The standard InChI is InChI=1S/C17H21N3O3/c1-10-5-2-3-6-11(10)17-8-4-7-13(15(17)22)23-16(20-17)12(18)9-14(19)21/h2-3,5-6,12-13H,4,7-9,18H2,1H3,(H2,19,21). The number of rotatable bonds is 4. The minimum atomic E-state index is -0.947. The fourth-order valence-electron chi connectivity index (χ4n) is 3.49. The number of Topliss-reactive ketones (excluding diaryl/α,β-unsaturated/α-hetero) is 1. The second-order valence-electron chi connectivity index (χ2n) is 6.27. The van der Waals surface area contributed by atoms with E-state index >= 15 is 0 Å². The maximum atomic E-state index is 12.9. The van der Waals surface area contributed by atoms with Crippen LogP contribution >= 0.6 is 0 Å². The zero-order chi connectivity index (χ0) is 16.6. The Morgan fingerprint density at radius 2 is 2.22 bits per heavy atom. The van der Waals surface area contributed by atoms with Gasteiger partial charge in [-0.1, -0.05) is 24.3 Å². The van der Waals surface area contributed by atoms with E-state index < -0.39 is 23.6 Å². The summed E-state index contributed by atoms with van der Waals surface area (Å²) < 4.78 is 5.69. The molecule has 4 N–H and O–H groups in total. The highest BCUT2D eigenvalue weighted by Crippen LogP contribution is 2.43. The van der Waals surface area contributed by atoms with Crippen molar-refractivity contribution in [1.29, 1.82) is 0 Å². The highest BCUT2D eigenvalue weighted by atomic mass is 16.5. The van der Waals surface area contributed by atoms with Crippen LogP contribution in [0.2, 0.25) is 0 Å². The van der Waals surface area contributed by atoms with Crippen LogP contribution in [0, 0.1) is 6.92 Å². The van der Waals surface area contributed by atoms with Crippen LogP contribution in [-0.4, -0.2) is 29.7 Å². The highest BCUT2D eigenvalue weighted by molar-refractivity contribution is 6.02. The molecule has 1 saturated carbocycles. The molecule has 1 aliphatic carbocycles. The normalized spacial score (nSPS) is 27.8. The first-order valence-corrected chi connectivity index (χ1v) is 7.85. The van der Waals surface area contributed by atoms with Crippen molar-refractivity contribution >= 4 is 17.6 Å². The number of fused-ring (bicyclic) bond motifs is 2. The summed E-state index contributed by atoms with van der Waals surface area (Å²) in [5.74, 6) is -0.278. The number of ketones is 1. The molecule has 1 amide bonds. The summed E-state index contributed by atoms with van der Waals surface area (Å²) in [6, 6.07) is 7.02. The third kappa shape index (κ3) is 2.63. The average Bonchev–Trinajstić information content (AvgIpc) is 2.47. The number of primary amides is 1. The first kappa shape index (κ1) is 15.7. The number of aliphatic imine (C=N–C) groups is 1. The number of hydrogen-bond acceptors (Lipinski definition) is 5. The van der Waals surface area contributed by atoms with Crippen LogP contribution in [-0.2, 0) is 19.9 Å². The molecule has 0 spiro atoms. The first-order chi connectivity index (χ1) is 10.9. The van der Waals surface area contributed by atoms with Crippen LogP contribution < -0.4 is 11.5 Å². The molecule has 6 nitrogen and oxygen atoms in total. The molecular weight excluding hydrogens is 294 g/mol. The van der Waals surface area contributed by atoms with E-state index in [1.165, 1.54) is 0 Å². The molecule has 1 fully saturated rings. The Balaban J connectivity index is 2.09. The van der Waals surface area contributed by atoms with E-state index in [2.05, 4.69) is 4.99 Å². The van der Waals surface area contributed by atoms with Crippen molar-refractivity contribution in [3.63, 3.8) is 0 Å². The molecule has 0 saturated heterocycles. The van der Waals surface area contributed by atoms with Gasteiger partial charge in [-0.25, -0.2) is 4.99 Å². The average molecular weight is 315 g/mol. The molecule has 6 heteroatoms. The molecule has 1 aliphatic heterocycles. The smallest absolute Gasteiger partial charge is 0.219 e. The lowest BCUT2D eigenvalue weighted by Gasteiger charge is -2.42. The topological polar surface area (TPSA) is 108 Å². The highest BCUT2D eigenvalue weighted by Gasteiger charge is 2.51. The van der Waals surface area contributed by atoms with Gasteiger partial charge >= 0.3 is 0 Å². The summed E-state index contributed by atoms with van der Waals surface area (Å²) in [6.07, 6.45) is 1.53. The molecule has 23 heavy (non-hydrogen) atoms. The molecule has 0 radical (unpaired) electrons. The first-order valence-electron chi connectivity index (χ1n) is 7.85. The van der Waals surface area contributed by atoms with E-state index in [1.54, 1.807) is 0 Å². The number of amides is 1. The lowest BCUT2D eigenvalue weighted by Crippen LogP contribution is -2.54. The van der Waals surface area contributed by atoms with Crippen LogP contribution in [0.15, 0.2) is 29.3 Å². The van der Waals surface area contributed by atoms with Gasteiger partial charge in [-0.3, -0.25) is 9.59 Å². The number of hydrogen-bond donors (Lipinski definition) is 2. The Morgan fingerprint density at radius 1 is 1.48 bits per heavy atom. The van der Waals surface area contributed by atoms with Crippen molar-refractivity contribution in [3.05, 3.63) is 35.4 Å². The quantitative estimate of drug-likeness (QED) is 0.862. The van der Waals surface area contributed by atoms with E-state index in [1.807, 2.05) is 31.2 Å². The summed E-state index contributed by atoms with van der Waals surface area (Å²) in [5.41, 5.74) is 12.2. The minimum Gasteiger partial charge on any atom is -0.468 e. The van der Waals surface area contributed by atoms with Crippen molar-refractivity contribution < 1.29 is 14.3 Å². The Labute approximate surface area is 134 Å². The molecule has 122 valence electrons. The van der Waals surface area contributed by atoms with Gasteiger partial charge < -0.3 is 16.2 Å². The summed E-state index contributed by atoms with van der Waals surface area (Å²) in [7, 11) is 0. The van der Waals surface area contributed by atoms with Crippen molar-refractivity contribution in [2.24, 2.45) is 16.5 Å². The zero-order valence-electron chi connectivity index (χ0n) is 13.1.